The van der Waals surface area contributed by atoms with E-state index in [0.717, 1.165) is 11.3 Å². The molecular weight excluding hydrogens is 358 g/mol. The van der Waals surface area contributed by atoms with Gasteiger partial charge in [-0.25, -0.2) is 4.63 Å². The van der Waals surface area contributed by atoms with E-state index in [1.54, 1.807) is 48.5 Å². The van der Waals surface area contributed by atoms with Crippen molar-refractivity contribution >= 4 is 23.3 Å². The van der Waals surface area contributed by atoms with E-state index in [4.69, 9.17) is 25.7 Å². The van der Waals surface area contributed by atoms with Crippen molar-refractivity contribution in [3.63, 3.8) is 0 Å². The van der Waals surface area contributed by atoms with E-state index < -0.39 is 5.91 Å². The monoisotopic (exact) mass is 373 g/mol. The first-order valence-electron chi connectivity index (χ1n) is 7.90. The molecule has 134 valence electrons. The Hall–Kier alpha value is -3.06. The number of anilines is 1. The largest absolute Gasteiger partial charge is 0.494 e. The highest BCUT2D eigenvalue weighted by Gasteiger charge is 2.16. The lowest BCUT2D eigenvalue weighted by atomic mass is 10.1. The third-order valence-corrected chi connectivity index (χ3v) is 3.69. The van der Waals surface area contributed by atoms with Crippen molar-refractivity contribution in [3.05, 3.63) is 53.6 Å². The maximum atomic E-state index is 12.1. The molecule has 3 rings (SSSR count). The van der Waals surface area contributed by atoms with Crippen LogP contribution in [0.15, 0.2) is 53.2 Å². The van der Waals surface area contributed by atoms with Gasteiger partial charge in [0.15, 0.2) is 12.3 Å². The molecular formula is C18H16ClN3O4. The van der Waals surface area contributed by atoms with Crippen LogP contribution in [0.3, 0.4) is 0 Å². The number of carbonyl (C=O) groups is 1. The SMILES string of the molecule is CCOc1ccc(-c2nonc2NC(=O)COc2ccccc2Cl)cc1. The minimum Gasteiger partial charge on any atom is -0.494 e. The molecule has 0 aliphatic rings. The Labute approximate surface area is 154 Å². The Bertz CT molecular complexity index is 880. The van der Waals surface area contributed by atoms with E-state index in [1.807, 2.05) is 6.92 Å². The lowest BCUT2D eigenvalue weighted by molar-refractivity contribution is -0.118. The molecule has 0 atom stereocenters. The van der Waals surface area contributed by atoms with Gasteiger partial charge in [0.25, 0.3) is 5.91 Å². The number of amides is 1. The highest BCUT2D eigenvalue weighted by Crippen LogP contribution is 2.26. The minimum absolute atomic E-state index is 0.210. The standard InChI is InChI=1S/C18H16ClN3O4/c1-2-24-13-9-7-12(8-10-13)17-18(22-26-21-17)20-16(23)11-25-15-6-4-3-5-14(15)19/h3-10H,2,11H2,1H3,(H,20,22,23). The molecule has 1 heterocycles. The molecule has 0 radical (unpaired) electrons. The van der Waals surface area contributed by atoms with Crippen molar-refractivity contribution in [2.45, 2.75) is 6.92 Å². The zero-order valence-electron chi connectivity index (χ0n) is 13.9. The van der Waals surface area contributed by atoms with E-state index in [-0.39, 0.29) is 12.4 Å². The van der Waals surface area contributed by atoms with Crippen LogP contribution in [0.5, 0.6) is 11.5 Å². The summed E-state index contributed by atoms with van der Waals surface area (Å²) in [6.07, 6.45) is 0. The van der Waals surface area contributed by atoms with E-state index in [1.165, 1.54) is 0 Å². The van der Waals surface area contributed by atoms with Gasteiger partial charge in [0.1, 0.15) is 11.5 Å². The number of hydrogen-bond donors (Lipinski definition) is 1. The number of nitrogens with zero attached hydrogens (tertiary/aromatic N) is 2. The van der Waals surface area contributed by atoms with Crippen LogP contribution in [0.1, 0.15) is 6.92 Å². The molecule has 0 spiro atoms. The number of para-hydroxylation sites is 1. The first-order valence-corrected chi connectivity index (χ1v) is 8.28. The van der Waals surface area contributed by atoms with Crippen LogP contribution in [-0.4, -0.2) is 29.4 Å². The number of benzene rings is 2. The summed E-state index contributed by atoms with van der Waals surface area (Å²) in [6.45, 7) is 2.27. The van der Waals surface area contributed by atoms with Crippen LogP contribution in [-0.2, 0) is 4.79 Å². The third-order valence-electron chi connectivity index (χ3n) is 3.38. The second-order valence-corrected chi connectivity index (χ2v) is 5.59. The van der Waals surface area contributed by atoms with Crippen molar-refractivity contribution in [1.29, 1.82) is 0 Å². The van der Waals surface area contributed by atoms with Crippen molar-refractivity contribution in [1.82, 2.24) is 10.3 Å². The Morgan fingerprint density at radius 3 is 2.62 bits per heavy atom. The van der Waals surface area contributed by atoms with Gasteiger partial charge in [0.2, 0.25) is 5.82 Å². The van der Waals surface area contributed by atoms with Gasteiger partial charge in [0, 0.05) is 5.56 Å². The predicted octanol–water partition coefficient (Wildman–Crippen LogP) is 3.81. The Balaban J connectivity index is 1.65. The smallest absolute Gasteiger partial charge is 0.263 e. The predicted molar refractivity (Wildman–Crippen MR) is 96.5 cm³/mol. The van der Waals surface area contributed by atoms with Crippen LogP contribution in [0.25, 0.3) is 11.3 Å². The molecule has 26 heavy (non-hydrogen) atoms. The molecule has 8 heteroatoms. The van der Waals surface area contributed by atoms with Crippen molar-refractivity contribution < 1.29 is 18.9 Å². The van der Waals surface area contributed by atoms with E-state index in [9.17, 15) is 4.79 Å². The lowest BCUT2D eigenvalue weighted by Crippen LogP contribution is -2.20. The molecule has 0 fully saturated rings. The summed E-state index contributed by atoms with van der Waals surface area (Å²) in [5, 5.41) is 10.6. The van der Waals surface area contributed by atoms with Gasteiger partial charge < -0.3 is 14.8 Å². The molecule has 0 saturated heterocycles. The fourth-order valence-corrected chi connectivity index (χ4v) is 2.40. The lowest BCUT2D eigenvalue weighted by Gasteiger charge is -2.08. The van der Waals surface area contributed by atoms with Gasteiger partial charge >= 0.3 is 0 Å². The van der Waals surface area contributed by atoms with Gasteiger partial charge in [-0.05, 0) is 53.6 Å². The van der Waals surface area contributed by atoms with Crippen LogP contribution < -0.4 is 14.8 Å². The van der Waals surface area contributed by atoms with Gasteiger partial charge in [-0.1, -0.05) is 23.7 Å². The second-order valence-electron chi connectivity index (χ2n) is 5.19. The van der Waals surface area contributed by atoms with E-state index in [0.29, 0.717) is 23.1 Å². The van der Waals surface area contributed by atoms with Gasteiger partial charge in [-0.3, -0.25) is 4.79 Å². The first-order chi connectivity index (χ1) is 12.7. The fraction of sp³-hybridized carbons (Fsp3) is 0.167. The molecule has 3 aromatic rings. The number of nitrogens with one attached hydrogen (secondary N) is 1. The average molecular weight is 374 g/mol. The molecule has 1 amide bonds. The number of rotatable bonds is 7. The number of carbonyl (C=O) groups excluding carboxylic acids is 1. The summed E-state index contributed by atoms with van der Waals surface area (Å²) in [4.78, 5) is 12.1. The number of aromatic nitrogens is 2. The normalized spacial score (nSPS) is 10.4. The molecule has 0 aliphatic carbocycles. The third kappa shape index (κ3) is 4.31. The van der Waals surface area contributed by atoms with Crippen LogP contribution in [0.2, 0.25) is 5.02 Å². The van der Waals surface area contributed by atoms with E-state index >= 15 is 0 Å². The summed E-state index contributed by atoms with van der Waals surface area (Å²) in [5.74, 6) is 0.968. The molecule has 7 nitrogen and oxygen atoms in total. The van der Waals surface area contributed by atoms with Crippen molar-refractivity contribution in [3.8, 4) is 22.8 Å². The van der Waals surface area contributed by atoms with Crippen LogP contribution in [0.4, 0.5) is 5.82 Å². The Morgan fingerprint density at radius 1 is 1.12 bits per heavy atom. The summed E-state index contributed by atoms with van der Waals surface area (Å²) in [7, 11) is 0. The molecule has 1 aromatic heterocycles. The Kier molecular flexibility index (Phi) is 5.70. The molecule has 0 saturated carbocycles. The fourth-order valence-electron chi connectivity index (χ4n) is 2.21. The average Bonchev–Trinajstić information content (AvgIpc) is 3.10. The van der Waals surface area contributed by atoms with Crippen molar-refractivity contribution in [2.75, 3.05) is 18.5 Å². The summed E-state index contributed by atoms with van der Waals surface area (Å²) in [6, 6.07) is 14.1. The number of ether oxygens (including phenoxy) is 2. The quantitative estimate of drug-likeness (QED) is 0.677. The minimum atomic E-state index is -0.409. The van der Waals surface area contributed by atoms with Gasteiger partial charge in [-0.15, -0.1) is 0 Å². The Morgan fingerprint density at radius 2 is 1.88 bits per heavy atom. The van der Waals surface area contributed by atoms with Gasteiger partial charge in [0.05, 0.1) is 11.6 Å². The molecule has 2 aromatic carbocycles. The van der Waals surface area contributed by atoms with Crippen LogP contribution in [0, 0.1) is 0 Å². The molecule has 0 aliphatic heterocycles. The summed E-state index contributed by atoms with van der Waals surface area (Å²) < 4.78 is 15.5. The molecule has 0 bridgehead atoms. The summed E-state index contributed by atoms with van der Waals surface area (Å²) >= 11 is 5.99. The molecule has 0 unspecified atom stereocenters. The number of halogens is 1. The molecule has 1 N–H and O–H groups in total. The topological polar surface area (TPSA) is 86.5 Å². The second kappa shape index (κ2) is 8.35. The maximum Gasteiger partial charge on any atom is 0.263 e. The van der Waals surface area contributed by atoms with Crippen molar-refractivity contribution in [2.24, 2.45) is 0 Å². The number of hydrogen-bond acceptors (Lipinski definition) is 6. The highest BCUT2D eigenvalue weighted by atomic mass is 35.5. The van der Waals surface area contributed by atoms with Gasteiger partial charge in [-0.2, -0.15) is 0 Å². The summed E-state index contributed by atoms with van der Waals surface area (Å²) in [5.41, 5.74) is 1.15. The maximum absolute atomic E-state index is 12.1. The highest BCUT2D eigenvalue weighted by molar-refractivity contribution is 6.32. The first kappa shape index (κ1) is 17.8. The van der Waals surface area contributed by atoms with Crippen LogP contribution >= 0.6 is 11.6 Å². The van der Waals surface area contributed by atoms with E-state index in [2.05, 4.69) is 15.6 Å². The zero-order valence-corrected chi connectivity index (χ0v) is 14.7. The zero-order chi connectivity index (χ0) is 18.4.